The zero-order valence-corrected chi connectivity index (χ0v) is 11.1. The number of nitrogens with one attached hydrogen (secondary N) is 1. The number of rotatable bonds is 2. The first-order valence-corrected chi connectivity index (χ1v) is 6.37. The minimum absolute atomic E-state index is 0.559. The molecule has 3 amide bonds. The third-order valence-electron chi connectivity index (χ3n) is 3.05. The van der Waals surface area contributed by atoms with Gasteiger partial charge >= 0.3 is 6.03 Å². The van der Waals surface area contributed by atoms with Crippen LogP contribution in [0.2, 0.25) is 0 Å². The van der Waals surface area contributed by atoms with Gasteiger partial charge in [0, 0.05) is 0 Å². The lowest BCUT2D eigenvalue weighted by molar-refractivity contribution is -0.148. The topological polar surface area (TPSA) is 140 Å². The summed E-state index contributed by atoms with van der Waals surface area (Å²) in [5.41, 5.74) is 0. The van der Waals surface area contributed by atoms with Crippen LogP contribution in [-0.2, 0) is 9.53 Å². The second kappa shape index (κ2) is 5.31. The molecular formula is C9H13BrN2O7. The molecule has 2 heterocycles. The highest BCUT2D eigenvalue weighted by atomic mass is 79.9. The fraction of sp³-hybridized carbons (Fsp3) is 0.778. The van der Waals surface area contributed by atoms with Gasteiger partial charge in [0.2, 0.25) is 5.91 Å². The van der Waals surface area contributed by atoms with E-state index in [4.69, 9.17) is 9.84 Å². The van der Waals surface area contributed by atoms with Crippen LogP contribution in [0.5, 0.6) is 0 Å². The second-order valence-electron chi connectivity index (χ2n) is 4.25. The van der Waals surface area contributed by atoms with E-state index in [1.54, 1.807) is 0 Å². The predicted octanol–water partition coefficient (Wildman–Crippen LogP) is -2.94. The van der Waals surface area contributed by atoms with Crippen LogP contribution in [0, 0.1) is 0 Å². The largest absolute Gasteiger partial charge is 0.394 e. The summed E-state index contributed by atoms with van der Waals surface area (Å²) in [6.07, 6.45) is -6.92. The molecule has 0 saturated carbocycles. The van der Waals surface area contributed by atoms with E-state index in [0.717, 1.165) is 0 Å². The first kappa shape index (κ1) is 14.6. The number of aliphatic hydroxyl groups is 4. The zero-order valence-electron chi connectivity index (χ0n) is 9.51. The molecule has 6 atom stereocenters. The summed E-state index contributed by atoms with van der Waals surface area (Å²) in [4.78, 5) is 22.6. The maximum absolute atomic E-state index is 11.7. The van der Waals surface area contributed by atoms with E-state index in [9.17, 15) is 24.9 Å². The number of hydrogen-bond acceptors (Lipinski definition) is 7. The molecule has 0 unspecified atom stereocenters. The van der Waals surface area contributed by atoms with Crippen molar-refractivity contribution in [2.75, 3.05) is 6.61 Å². The van der Waals surface area contributed by atoms with Gasteiger partial charge in [0.1, 0.15) is 23.1 Å². The van der Waals surface area contributed by atoms with Crippen LogP contribution in [0.15, 0.2) is 0 Å². The van der Waals surface area contributed by atoms with Gasteiger partial charge in [0.05, 0.1) is 6.61 Å². The number of nitrogens with zero attached hydrogens (tertiary/aromatic N) is 1. The highest BCUT2D eigenvalue weighted by molar-refractivity contribution is 9.10. The van der Waals surface area contributed by atoms with Crippen LogP contribution >= 0.6 is 15.9 Å². The SMILES string of the molecule is O=C1NC(=O)N([C@@H]2O[C@H](CO)[C@@H](O)[C@H]2O)[C@@H](O)[C@@H]1Br. The Labute approximate surface area is 115 Å². The smallest absolute Gasteiger partial charge is 0.328 e. The summed E-state index contributed by atoms with van der Waals surface area (Å²) >= 11 is 2.90. The lowest BCUT2D eigenvalue weighted by atomic mass is 10.1. The quantitative estimate of drug-likeness (QED) is 0.339. The average molecular weight is 341 g/mol. The van der Waals surface area contributed by atoms with Crippen molar-refractivity contribution in [2.45, 2.75) is 35.6 Å². The first-order valence-electron chi connectivity index (χ1n) is 5.46. The van der Waals surface area contributed by atoms with Crippen molar-refractivity contribution < 1.29 is 34.8 Å². The molecule has 0 radical (unpaired) electrons. The maximum atomic E-state index is 11.7. The van der Waals surface area contributed by atoms with E-state index in [1.165, 1.54) is 0 Å². The molecule has 9 nitrogen and oxygen atoms in total. The van der Waals surface area contributed by atoms with Gasteiger partial charge in [0.25, 0.3) is 0 Å². The van der Waals surface area contributed by atoms with Crippen molar-refractivity contribution in [1.29, 1.82) is 0 Å². The average Bonchev–Trinajstić information content (AvgIpc) is 2.64. The molecule has 10 heteroatoms. The standard InChI is InChI=1S/C9H13BrN2O7/c10-3-6(16)11-9(18)12(7(3)17)8-5(15)4(14)2(1-13)19-8/h2-5,7-8,13-15,17H,1H2,(H,11,16,18)/t2-,3-,4-,5-,7+,8-/m1/s1. The molecule has 0 spiro atoms. The lowest BCUT2D eigenvalue weighted by Crippen LogP contribution is -2.65. The van der Waals surface area contributed by atoms with E-state index in [-0.39, 0.29) is 0 Å². The highest BCUT2D eigenvalue weighted by Gasteiger charge is 2.52. The van der Waals surface area contributed by atoms with E-state index in [2.05, 4.69) is 15.9 Å². The Morgan fingerprint density at radius 3 is 2.42 bits per heavy atom. The van der Waals surface area contributed by atoms with E-state index in [0.29, 0.717) is 4.90 Å². The van der Waals surface area contributed by atoms with Gasteiger partial charge in [-0.25, -0.2) is 4.79 Å². The number of carbonyl (C=O) groups is 2. The van der Waals surface area contributed by atoms with Crippen molar-refractivity contribution in [3.05, 3.63) is 0 Å². The Hall–Kier alpha value is -0.780. The molecule has 2 rings (SSSR count). The first-order chi connectivity index (χ1) is 8.88. The monoisotopic (exact) mass is 340 g/mol. The number of carbonyl (C=O) groups excluding carboxylic acids is 2. The summed E-state index contributed by atoms with van der Waals surface area (Å²) in [5.74, 6) is -0.722. The van der Waals surface area contributed by atoms with Gasteiger partial charge in [-0.2, -0.15) is 0 Å². The summed E-state index contributed by atoms with van der Waals surface area (Å²) in [5, 5.41) is 40.2. The normalized spacial score (nSPS) is 43.5. The Kier molecular flexibility index (Phi) is 4.08. The van der Waals surface area contributed by atoms with Crippen molar-refractivity contribution in [3.63, 3.8) is 0 Å². The number of imide groups is 1. The van der Waals surface area contributed by atoms with Crippen LogP contribution in [0.25, 0.3) is 0 Å². The molecule has 0 aromatic carbocycles. The molecule has 2 aliphatic heterocycles. The Morgan fingerprint density at radius 2 is 1.89 bits per heavy atom. The molecule has 0 bridgehead atoms. The van der Waals surface area contributed by atoms with Crippen LogP contribution in [-0.4, -0.2) is 79.5 Å². The molecule has 0 aliphatic carbocycles. The minimum atomic E-state index is -1.56. The molecule has 5 N–H and O–H groups in total. The molecule has 19 heavy (non-hydrogen) atoms. The lowest BCUT2D eigenvalue weighted by Gasteiger charge is -2.38. The number of alkyl halides is 1. The Bertz CT molecular complexity index is 395. The summed E-state index contributed by atoms with van der Waals surface area (Å²) in [7, 11) is 0. The number of urea groups is 1. The third-order valence-corrected chi connectivity index (χ3v) is 3.94. The van der Waals surface area contributed by atoms with E-state index in [1.807, 2.05) is 5.32 Å². The molecule has 108 valence electrons. The van der Waals surface area contributed by atoms with Crippen LogP contribution in [0.4, 0.5) is 4.79 Å². The summed E-state index contributed by atoms with van der Waals surface area (Å²) < 4.78 is 5.12. The van der Waals surface area contributed by atoms with Gasteiger partial charge in [-0.3, -0.25) is 15.0 Å². The second-order valence-corrected chi connectivity index (χ2v) is 5.23. The number of halogens is 1. The van der Waals surface area contributed by atoms with Crippen molar-refractivity contribution in [1.82, 2.24) is 10.2 Å². The summed E-state index contributed by atoms with van der Waals surface area (Å²) in [6.45, 7) is -0.559. The van der Waals surface area contributed by atoms with Gasteiger partial charge in [0.15, 0.2) is 12.5 Å². The van der Waals surface area contributed by atoms with Crippen molar-refractivity contribution in [3.8, 4) is 0 Å². The summed E-state index contributed by atoms with van der Waals surface area (Å²) in [6, 6.07) is -0.956. The van der Waals surface area contributed by atoms with Gasteiger partial charge < -0.3 is 25.2 Å². The molecule has 2 aliphatic rings. The molecular weight excluding hydrogens is 328 g/mol. The number of ether oxygens (including phenoxy) is 1. The number of amides is 3. The van der Waals surface area contributed by atoms with E-state index >= 15 is 0 Å². The predicted molar refractivity (Wildman–Crippen MR) is 61.9 cm³/mol. The van der Waals surface area contributed by atoms with Crippen molar-refractivity contribution in [2.24, 2.45) is 0 Å². The van der Waals surface area contributed by atoms with Gasteiger partial charge in [-0.1, -0.05) is 15.9 Å². The highest BCUT2D eigenvalue weighted by Crippen LogP contribution is 2.28. The van der Waals surface area contributed by atoms with Crippen LogP contribution in [0.3, 0.4) is 0 Å². The fourth-order valence-corrected chi connectivity index (χ4v) is 2.38. The Balaban J connectivity index is 2.21. The zero-order chi connectivity index (χ0) is 14.3. The van der Waals surface area contributed by atoms with E-state index < -0.39 is 54.1 Å². The molecule has 2 fully saturated rings. The van der Waals surface area contributed by atoms with Gasteiger partial charge in [-0.05, 0) is 0 Å². The van der Waals surface area contributed by atoms with Crippen LogP contribution in [0.1, 0.15) is 0 Å². The minimum Gasteiger partial charge on any atom is -0.394 e. The van der Waals surface area contributed by atoms with Crippen molar-refractivity contribution >= 4 is 27.9 Å². The maximum Gasteiger partial charge on any atom is 0.328 e. The van der Waals surface area contributed by atoms with Gasteiger partial charge in [-0.15, -0.1) is 0 Å². The van der Waals surface area contributed by atoms with Crippen LogP contribution < -0.4 is 5.32 Å². The molecule has 0 aromatic rings. The Morgan fingerprint density at radius 1 is 1.26 bits per heavy atom. The number of hydrogen-bond donors (Lipinski definition) is 5. The molecule has 0 aromatic heterocycles. The third kappa shape index (κ3) is 2.35. The fourth-order valence-electron chi connectivity index (χ4n) is 2.01. The molecule has 2 saturated heterocycles. The number of aliphatic hydroxyl groups excluding tert-OH is 4.